The summed E-state index contributed by atoms with van der Waals surface area (Å²) in [4.78, 5) is 3.82. The Hall–Kier alpha value is -1.50. The van der Waals surface area contributed by atoms with Crippen molar-refractivity contribution in [2.45, 2.75) is 26.4 Å². The van der Waals surface area contributed by atoms with Crippen LogP contribution in [0.2, 0.25) is 0 Å². The molecule has 0 atom stereocenters. The normalized spacial score (nSPS) is 11.9. The van der Waals surface area contributed by atoms with Crippen LogP contribution < -0.4 is 11.1 Å². The number of hydrogen-bond donors (Lipinski definition) is 2. The van der Waals surface area contributed by atoms with Crippen LogP contribution in [-0.2, 0) is 10.9 Å². The highest BCUT2D eigenvalue weighted by Gasteiger charge is 2.31. The predicted molar refractivity (Wildman–Crippen MR) is 72.4 cm³/mol. The van der Waals surface area contributed by atoms with Crippen LogP contribution in [0.25, 0.3) is 0 Å². The maximum atomic E-state index is 12.6. The summed E-state index contributed by atoms with van der Waals surface area (Å²) in [6.45, 7) is 5.81. The van der Waals surface area contributed by atoms with Crippen LogP contribution in [0.5, 0.6) is 0 Å². The zero-order chi connectivity index (χ0) is 15.2. The summed E-state index contributed by atoms with van der Waals surface area (Å²) in [5, 5.41) is 2.81. The van der Waals surface area contributed by atoms with Crippen molar-refractivity contribution >= 4 is 11.6 Å². The Labute approximate surface area is 116 Å². The van der Waals surface area contributed by atoms with Crippen LogP contribution in [0, 0.1) is 5.92 Å². The number of nitrogens with zero attached hydrogens (tertiary/aromatic N) is 1. The van der Waals surface area contributed by atoms with Gasteiger partial charge in [-0.2, -0.15) is 13.2 Å². The lowest BCUT2D eigenvalue weighted by Gasteiger charge is -2.11. The molecule has 0 aromatic carbocycles. The average Bonchev–Trinajstić information content (AvgIpc) is 2.31. The van der Waals surface area contributed by atoms with E-state index in [1.807, 2.05) is 13.8 Å². The number of rotatable bonds is 7. The fourth-order valence-corrected chi connectivity index (χ4v) is 1.52. The molecule has 0 saturated heterocycles. The number of nitrogens with one attached hydrogen (secondary N) is 1. The first-order chi connectivity index (χ1) is 9.29. The fraction of sp³-hybridized carbons (Fsp3) is 0.615. The van der Waals surface area contributed by atoms with E-state index in [-0.39, 0.29) is 11.6 Å². The Morgan fingerprint density at radius 3 is 2.65 bits per heavy atom. The van der Waals surface area contributed by atoms with Crippen LogP contribution >= 0.6 is 0 Å². The molecule has 0 spiro atoms. The molecule has 0 aliphatic carbocycles. The van der Waals surface area contributed by atoms with Crippen LogP contribution in [0.1, 0.15) is 25.8 Å². The van der Waals surface area contributed by atoms with Gasteiger partial charge in [-0.1, -0.05) is 13.8 Å². The van der Waals surface area contributed by atoms with Crippen LogP contribution in [-0.4, -0.2) is 24.7 Å². The van der Waals surface area contributed by atoms with Crippen LogP contribution in [0.15, 0.2) is 12.1 Å². The van der Waals surface area contributed by atoms with E-state index in [0.29, 0.717) is 32.1 Å². The number of aromatic nitrogens is 1. The van der Waals surface area contributed by atoms with Crippen LogP contribution in [0.3, 0.4) is 0 Å². The summed E-state index contributed by atoms with van der Waals surface area (Å²) in [5.41, 5.74) is 4.56. The number of hydrogen-bond acceptors (Lipinski definition) is 4. The van der Waals surface area contributed by atoms with Gasteiger partial charge in [-0.25, -0.2) is 4.98 Å². The number of ether oxygens (including phenoxy) is 1. The summed E-state index contributed by atoms with van der Waals surface area (Å²) in [6, 6.07) is 1.77. The summed E-state index contributed by atoms with van der Waals surface area (Å²) in [5.74, 6) is 0.437. The minimum Gasteiger partial charge on any atom is -0.384 e. The smallest absolute Gasteiger partial charge is 0.384 e. The molecule has 1 aromatic rings. The van der Waals surface area contributed by atoms with Gasteiger partial charge in [-0.05, 0) is 24.5 Å². The first kappa shape index (κ1) is 16.6. The Morgan fingerprint density at radius 1 is 1.35 bits per heavy atom. The van der Waals surface area contributed by atoms with Gasteiger partial charge in [0.25, 0.3) is 0 Å². The molecule has 20 heavy (non-hydrogen) atoms. The minimum atomic E-state index is -4.42. The zero-order valence-corrected chi connectivity index (χ0v) is 11.6. The monoisotopic (exact) mass is 291 g/mol. The third-order valence-electron chi connectivity index (χ3n) is 2.40. The highest BCUT2D eigenvalue weighted by molar-refractivity contribution is 5.47. The van der Waals surface area contributed by atoms with Gasteiger partial charge >= 0.3 is 6.18 Å². The lowest BCUT2D eigenvalue weighted by atomic mass is 10.2. The SMILES string of the molecule is CC(C)COCCCNc1cc(C(F)(F)F)cc(N)n1. The van der Waals surface area contributed by atoms with Gasteiger partial charge < -0.3 is 15.8 Å². The highest BCUT2D eigenvalue weighted by atomic mass is 19.4. The van der Waals surface area contributed by atoms with E-state index in [2.05, 4.69) is 10.3 Å². The molecule has 1 rings (SSSR count). The van der Waals surface area contributed by atoms with E-state index < -0.39 is 11.7 Å². The molecular formula is C13H20F3N3O. The number of alkyl halides is 3. The van der Waals surface area contributed by atoms with E-state index in [0.717, 1.165) is 12.1 Å². The standard InChI is InChI=1S/C13H20F3N3O/c1-9(2)8-20-5-3-4-18-12-7-10(13(14,15)16)6-11(17)19-12/h6-7,9H,3-5,8H2,1-2H3,(H3,17,18,19). The van der Waals surface area contributed by atoms with E-state index in [4.69, 9.17) is 10.5 Å². The quantitative estimate of drug-likeness (QED) is 0.758. The largest absolute Gasteiger partial charge is 0.416 e. The van der Waals surface area contributed by atoms with E-state index >= 15 is 0 Å². The molecule has 0 radical (unpaired) electrons. The molecule has 0 saturated carbocycles. The molecule has 0 amide bonds. The van der Waals surface area contributed by atoms with Gasteiger partial charge in [-0.3, -0.25) is 0 Å². The molecule has 1 heterocycles. The Morgan fingerprint density at radius 2 is 2.05 bits per heavy atom. The van der Waals surface area contributed by atoms with Crippen molar-refractivity contribution in [3.05, 3.63) is 17.7 Å². The number of nitrogen functional groups attached to an aromatic ring is 1. The Balaban J connectivity index is 2.42. The summed E-state index contributed by atoms with van der Waals surface area (Å²) < 4.78 is 43.1. The van der Waals surface area contributed by atoms with Crippen molar-refractivity contribution in [2.24, 2.45) is 5.92 Å². The average molecular weight is 291 g/mol. The Kier molecular flexibility index (Phi) is 6.06. The molecule has 0 bridgehead atoms. The molecule has 4 nitrogen and oxygen atoms in total. The molecule has 0 fully saturated rings. The summed E-state index contributed by atoms with van der Waals surface area (Å²) >= 11 is 0. The van der Waals surface area contributed by atoms with E-state index in [9.17, 15) is 13.2 Å². The maximum Gasteiger partial charge on any atom is 0.416 e. The molecule has 3 N–H and O–H groups in total. The highest BCUT2D eigenvalue weighted by Crippen LogP contribution is 2.31. The number of nitrogens with two attached hydrogens (primary N) is 1. The van der Waals surface area contributed by atoms with E-state index in [1.54, 1.807) is 0 Å². The molecular weight excluding hydrogens is 271 g/mol. The lowest BCUT2D eigenvalue weighted by molar-refractivity contribution is -0.137. The molecule has 114 valence electrons. The van der Waals surface area contributed by atoms with Gasteiger partial charge in [0, 0.05) is 19.8 Å². The molecule has 1 aromatic heterocycles. The van der Waals surface area contributed by atoms with Crippen molar-refractivity contribution in [1.82, 2.24) is 4.98 Å². The molecule has 0 aliphatic rings. The molecule has 7 heteroatoms. The zero-order valence-electron chi connectivity index (χ0n) is 11.6. The predicted octanol–water partition coefficient (Wildman–Crippen LogP) is 3.16. The fourth-order valence-electron chi connectivity index (χ4n) is 1.52. The van der Waals surface area contributed by atoms with Gasteiger partial charge in [0.05, 0.1) is 5.56 Å². The first-order valence-electron chi connectivity index (χ1n) is 6.45. The van der Waals surface area contributed by atoms with Gasteiger partial charge in [0.15, 0.2) is 0 Å². The molecule has 0 aliphatic heterocycles. The second-order valence-electron chi connectivity index (χ2n) is 4.91. The minimum absolute atomic E-state index is 0.126. The molecule has 0 unspecified atom stereocenters. The van der Waals surface area contributed by atoms with Crippen molar-refractivity contribution in [3.8, 4) is 0 Å². The van der Waals surface area contributed by atoms with Crippen molar-refractivity contribution in [2.75, 3.05) is 30.8 Å². The van der Waals surface area contributed by atoms with Gasteiger partial charge in [0.2, 0.25) is 0 Å². The summed E-state index contributed by atoms with van der Waals surface area (Å²) in [6.07, 6.45) is -3.74. The Bertz CT molecular complexity index is 422. The second-order valence-corrected chi connectivity index (χ2v) is 4.91. The lowest BCUT2D eigenvalue weighted by Crippen LogP contribution is -2.12. The number of pyridine rings is 1. The van der Waals surface area contributed by atoms with Crippen LogP contribution in [0.4, 0.5) is 24.8 Å². The van der Waals surface area contributed by atoms with Gasteiger partial charge in [-0.15, -0.1) is 0 Å². The third-order valence-corrected chi connectivity index (χ3v) is 2.40. The topological polar surface area (TPSA) is 60.2 Å². The third kappa shape index (κ3) is 6.10. The summed E-state index contributed by atoms with van der Waals surface area (Å²) in [7, 11) is 0. The second kappa shape index (κ2) is 7.33. The van der Waals surface area contributed by atoms with Crippen molar-refractivity contribution in [1.29, 1.82) is 0 Å². The maximum absolute atomic E-state index is 12.6. The number of halogens is 3. The van der Waals surface area contributed by atoms with E-state index in [1.165, 1.54) is 0 Å². The van der Waals surface area contributed by atoms with Crippen molar-refractivity contribution < 1.29 is 17.9 Å². The first-order valence-corrected chi connectivity index (χ1v) is 6.45. The number of anilines is 2. The van der Waals surface area contributed by atoms with Crippen molar-refractivity contribution in [3.63, 3.8) is 0 Å². The van der Waals surface area contributed by atoms with Gasteiger partial charge in [0.1, 0.15) is 11.6 Å².